The lowest BCUT2D eigenvalue weighted by Gasteiger charge is -2.21. The van der Waals surface area contributed by atoms with Crippen LogP contribution in [0.5, 0.6) is 5.75 Å². The van der Waals surface area contributed by atoms with Gasteiger partial charge < -0.3 is 4.74 Å². The van der Waals surface area contributed by atoms with Crippen molar-refractivity contribution in [2.75, 3.05) is 0 Å². The van der Waals surface area contributed by atoms with Gasteiger partial charge >= 0.3 is 0 Å². The lowest BCUT2D eigenvalue weighted by Crippen LogP contribution is -2.17. The van der Waals surface area contributed by atoms with Gasteiger partial charge in [-0.05, 0) is 138 Å². The van der Waals surface area contributed by atoms with Gasteiger partial charge in [-0.2, -0.15) is 0 Å². The van der Waals surface area contributed by atoms with Crippen molar-refractivity contribution in [2.45, 2.75) is 12.0 Å². The first-order chi connectivity index (χ1) is 29.2. The van der Waals surface area contributed by atoms with Crippen LogP contribution in [0.25, 0.3) is 114 Å². The normalized spacial score (nSPS) is 16.3. The standard InChI is InChI=1S/C58H34O/c1-2-12-42-39(7-1)29-49(46-14-4-3-13-45(42)46)51-31-41(44-25-20-38-18-16-34-9-6-11-36-22-27-48(44)57(38)55(34)36)32-52-50-30-40(23-28-53(50)59-58(51)52)43-24-19-37-17-15-33-8-5-10-35-21-26-47(43)56(37)54(33)35/h1-32,50,53H. The maximum absolute atomic E-state index is 7.16. The van der Waals surface area contributed by atoms with Crippen LogP contribution < -0.4 is 4.74 Å². The van der Waals surface area contributed by atoms with Gasteiger partial charge in [-0.1, -0.05) is 170 Å². The molecule has 0 amide bonds. The molecule has 1 aliphatic heterocycles. The number of rotatable bonds is 3. The van der Waals surface area contributed by atoms with Gasteiger partial charge in [0.1, 0.15) is 11.9 Å². The van der Waals surface area contributed by atoms with Gasteiger partial charge in [-0.15, -0.1) is 0 Å². The van der Waals surface area contributed by atoms with Gasteiger partial charge in [0.15, 0.2) is 0 Å². The minimum Gasteiger partial charge on any atom is -0.484 e. The van der Waals surface area contributed by atoms with E-state index in [0.717, 1.165) is 11.3 Å². The van der Waals surface area contributed by atoms with Crippen molar-refractivity contribution in [1.82, 2.24) is 0 Å². The zero-order valence-electron chi connectivity index (χ0n) is 32.0. The third-order valence-electron chi connectivity index (χ3n) is 13.6. The second-order valence-corrected chi connectivity index (χ2v) is 16.7. The predicted octanol–water partition coefficient (Wildman–Crippen LogP) is 15.6. The molecular formula is C58H34O. The maximum Gasteiger partial charge on any atom is 0.132 e. The summed E-state index contributed by atoms with van der Waals surface area (Å²) < 4.78 is 7.16. The molecule has 0 radical (unpaired) electrons. The Bertz CT molecular complexity index is 3790. The van der Waals surface area contributed by atoms with E-state index in [4.69, 9.17) is 4.74 Å². The topological polar surface area (TPSA) is 9.23 Å². The fraction of sp³-hybridized carbons (Fsp3) is 0.0345. The van der Waals surface area contributed by atoms with E-state index in [9.17, 15) is 0 Å². The monoisotopic (exact) mass is 746 g/mol. The first-order valence-electron chi connectivity index (χ1n) is 20.7. The van der Waals surface area contributed by atoms with Crippen LogP contribution in [0.3, 0.4) is 0 Å². The van der Waals surface area contributed by atoms with E-state index in [0.29, 0.717) is 0 Å². The van der Waals surface area contributed by atoms with Crippen molar-refractivity contribution in [3.8, 4) is 28.0 Å². The van der Waals surface area contributed by atoms with Crippen molar-refractivity contribution in [2.24, 2.45) is 0 Å². The van der Waals surface area contributed by atoms with E-state index in [1.165, 1.54) is 120 Å². The highest BCUT2D eigenvalue weighted by atomic mass is 16.5. The molecule has 2 unspecified atom stereocenters. The summed E-state index contributed by atoms with van der Waals surface area (Å²) in [6.45, 7) is 0. The number of hydrogen-bond donors (Lipinski definition) is 0. The number of allylic oxidation sites excluding steroid dienone is 2. The molecule has 14 rings (SSSR count). The lowest BCUT2D eigenvalue weighted by molar-refractivity contribution is 0.270. The molecule has 1 heterocycles. The van der Waals surface area contributed by atoms with E-state index in [2.05, 4.69) is 194 Å². The summed E-state index contributed by atoms with van der Waals surface area (Å²) in [6, 6.07) is 65.8. The van der Waals surface area contributed by atoms with Crippen LogP contribution in [0.15, 0.2) is 194 Å². The Morgan fingerprint density at radius 1 is 0.356 bits per heavy atom. The first kappa shape index (κ1) is 31.6. The van der Waals surface area contributed by atoms with Crippen LogP contribution in [-0.4, -0.2) is 6.10 Å². The van der Waals surface area contributed by atoms with E-state index in [1.54, 1.807) is 0 Å². The molecule has 0 saturated heterocycles. The highest BCUT2D eigenvalue weighted by molar-refractivity contribution is 6.26. The molecule has 0 spiro atoms. The molecular weight excluding hydrogens is 713 g/mol. The average molecular weight is 747 g/mol. The fourth-order valence-corrected chi connectivity index (χ4v) is 11.0. The van der Waals surface area contributed by atoms with E-state index in [-0.39, 0.29) is 12.0 Å². The largest absolute Gasteiger partial charge is 0.484 e. The molecule has 2 atom stereocenters. The van der Waals surface area contributed by atoms with Crippen LogP contribution >= 0.6 is 0 Å². The smallest absolute Gasteiger partial charge is 0.132 e. The summed E-state index contributed by atoms with van der Waals surface area (Å²) in [5, 5.41) is 20.6. The van der Waals surface area contributed by atoms with Gasteiger partial charge in [0.25, 0.3) is 0 Å². The summed E-state index contributed by atoms with van der Waals surface area (Å²) in [6.07, 6.45) is 6.98. The van der Waals surface area contributed by atoms with Crippen molar-refractivity contribution in [3.05, 3.63) is 205 Å². The quantitative estimate of drug-likeness (QED) is 0.164. The summed E-state index contributed by atoms with van der Waals surface area (Å²) in [5.41, 5.74) is 8.56. The molecule has 1 heteroatoms. The summed E-state index contributed by atoms with van der Waals surface area (Å²) in [7, 11) is 0. The Morgan fingerprint density at radius 3 is 1.59 bits per heavy atom. The minimum absolute atomic E-state index is 0.0498. The van der Waals surface area contributed by atoms with E-state index < -0.39 is 0 Å². The fourth-order valence-electron chi connectivity index (χ4n) is 11.0. The molecule has 12 aromatic rings. The maximum atomic E-state index is 7.16. The molecule has 12 aromatic carbocycles. The molecule has 272 valence electrons. The molecule has 0 fully saturated rings. The van der Waals surface area contributed by atoms with Crippen molar-refractivity contribution >= 4 is 91.8 Å². The van der Waals surface area contributed by atoms with Crippen LogP contribution in [0.4, 0.5) is 0 Å². The summed E-state index contributed by atoms with van der Waals surface area (Å²) >= 11 is 0. The van der Waals surface area contributed by atoms with Gasteiger partial charge in [0.2, 0.25) is 0 Å². The van der Waals surface area contributed by atoms with Crippen molar-refractivity contribution < 1.29 is 4.74 Å². The second-order valence-electron chi connectivity index (χ2n) is 16.7. The molecule has 1 nitrogen and oxygen atoms in total. The van der Waals surface area contributed by atoms with Crippen LogP contribution in [0.1, 0.15) is 17.0 Å². The summed E-state index contributed by atoms with van der Waals surface area (Å²) in [4.78, 5) is 0. The van der Waals surface area contributed by atoms with Crippen LogP contribution in [0.2, 0.25) is 0 Å². The Kier molecular flexibility index (Phi) is 6.19. The molecule has 0 bridgehead atoms. The molecule has 0 aromatic heterocycles. The van der Waals surface area contributed by atoms with Crippen molar-refractivity contribution in [3.63, 3.8) is 0 Å². The van der Waals surface area contributed by atoms with E-state index >= 15 is 0 Å². The Labute approximate surface area is 340 Å². The van der Waals surface area contributed by atoms with Crippen LogP contribution in [0, 0.1) is 0 Å². The van der Waals surface area contributed by atoms with Gasteiger partial charge in [-0.25, -0.2) is 0 Å². The second kappa shape index (κ2) is 11.6. The number of benzene rings is 12. The minimum atomic E-state index is -0.101. The predicted molar refractivity (Wildman–Crippen MR) is 250 cm³/mol. The SMILES string of the molecule is C1=CC2Oc3c(-c4cc5ccccc5c5ccccc45)cc(-c4ccc5ccc6cccc7ccc4c5c67)cc3C2C=C1c1ccc2ccc3cccc4ccc1c2c34. The molecule has 1 aliphatic carbocycles. The zero-order chi connectivity index (χ0) is 38.3. The molecule has 59 heavy (non-hydrogen) atoms. The van der Waals surface area contributed by atoms with Crippen LogP contribution in [-0.2, 0) is 0 Å². The number of hydrogen-bond acceptors (Lipinski definition) is 1. The lowest BCUT2D eigenvalue weighted by atomic mass is 9.82. The summed E-state index contributed by atoms with van der Waals surface area (Å²) in [5.74, 6) is 1.04. The van der Waals surface area contributed by atoms with Gasteiger partial charge in [-0.3, -0.25) is 0 Å². The number of fused-ring (bicyclic) bond motifs is 6. The first-order valence-corrected chi connectivity index (χ1v) is 20.7. The highest BCUT2D eigenvalue weighted by Crippen LogP contribution is 2.53. The van der Waals surface area contributed by atoms with Gasteiger partial charge in [0, 0.05) is 17.0 Å². The Balaban J connectivity index is 1.03. The third kappa shape index (κ3) is 4.34. The number of ether oxygens (including phenoxy) is 1. The average Bonchev–Trinajstić information content (AvgIpc) is 3.67. The third-order valence-corrected chi connectivity index (χ3v) is 13.6. The molecule has 0 N–H and O–H groups in total. The highest BCUT2D eigenvalue weighted by Gasteiger charge is 2.37. The Morgan fingerprint density at radius 2 is 0.898 bits per heavy atom. The molecule has 0 saturated carbocycles. The van der Waals surface area contributed by atoms with Gasteiger partial charge in [0.05, 0.1) is 0 Å². The van der Waals surface area contributed by atoms with Crippen molar-refractivity contribution in [1.29, 1.82) is 0 Å². The molecule has 2 aliphatic rings. The van der Waals surface area contributed by atoms with E-state index in [1.807, 2.05) is 0 Å². The Hall–Kier alpha value is -7.48. The zero-order valence-corrected chi connectivity index (χ0v) is 32.0.